The number of β-amino-alcohol motifs (C(OH)–C–C–N with tert-alkyl or cyclic N) is 1. The van der Waals surface area contributed by atoms with E-state index in [1.807, 2.05) is 25.3 Å². The van der Waals surface area contributed by atoms with Crippen LogP contribution in [0.5, 0.6) is 0 Å². The number of hydrogen-bond acceptors (Lipinski definition) is 6. The summed E-state index contributed by atoms with van der Waals surface area (Å²) in [5.41, 5.74) is 10.4. The molecule has 1 aliphatic carbocycles. The fourth-order valence-corrected chi connectivity index (χ4v) is 4.88. The van der Waals surface area contributed by atoms with E-state index in [4.69, 9.17) is 10.7 Å². The number of aromatic nitrogens is 5. The number of pyridine rings is 1. The molecule has 8 nitrogen and oxygen atoms in total. The Bertz CT molecular complexity index is 1250. The summed E-state index contributed by atoms with van der Waals surface area (Å²) in [5.74, 6) is 1.48. The zero-order valence-corrected chi connectivity index (χ0v) is 17.0. The number of nitrogens with zero attached hydrogens (tertiary/aromatic N) is 5. The number of imidazole rings is 1. The van der Waals surface area contributed by atoms with Gasteiger partial charge in [0.05, 0.1) is 28.9 Å². The molecule has 30 heavy (non-hydrogen) atoms. The highest BCUT2D eigenvalue weighted by atomic mass is 16.3. The van der Waals surface area contributed by atoms with Crippen LogP contribution in [-0.2, 0) is 6.54 Å². The van der Waals surface area contributed by atoms with E-state index in [1.165, 1.54) is 6.42 Å². The zero-order valence-electron chi connectivity index (χ0n) is 17.0. The van der Waals surface area contributed by atoms with Crippen LogP contribution in [0.2, 0.25) is 0 Å². The Morgan fingerprint density at radius 3 is 2.73 bits per heavy atom. The highest BCUT2D eigenvalue weighted by molar-refractivity contribution is 6.07. The van der Waals surface area contributed by atoms with Gasteiger partial charge in [-0.25, -0.2) is 9.97 Å². The van der Waals surface area contributed by atoms with Crippen LogP contribution in [-0.4, -0.2) is 53.4 Å². The van der Waals surface area contributed by atoms with E-state index in [0.29, 0.717) is 31.5 Å². The van der Waals surface area contributed by atoms with Gasteiger partial charge in [0, 0.05) is 36.3 Å². The number of fused-ring (bicyclic) bond motifs is 3. The number of likely N-dealkylation sites (tertiary alicyclic amines) is 1. The van der Waals surface area contributed by atoms with Crippen molar-refractivity contribution in [3.8, 4) is 11.3 Å². The van der Waals surface area contributed by atoms with Gasteiger partial charge >= 0.3 is 0 Å². The summed E-state index contributed by atoms with van der Waals surface area (Å²) >= 11 is 0. The van der Waals surface area contributed by atoms with E-state index in [9.17, 15) is 5.11 Å². The lowest BCUT2D eigenvalue weighted by Crippen LogP contribution is -2.59. The molecule has 6 rings (SSSR count). The van der Waals surface area contributed by atoms with Gasteiger partial charge in [0.15, 0.2) is 5.82 Å². The topological polar surface area (TPSA) is 109 Å². The Morgan fingerprint density at radius 2 is 2.07 bits per heavy atom. The Hall–Kier alpha value is -2.97. The number of hydrogen-bond donors (Lipinski definition) is 3. The minimum Gasteiger partial charge on any atom is -0.388 e. The predicted molar refractivity (Wildman–Crippen MR) is 116 cm³/mol. The summed E-state index contributed by atoms with van der Waals surface area (Å²) in [6.07, 6.45) is 5.37. The average Bonchev–Trinajstić information content (AvgIpc) is 3.28. The Balaban J connectivity index is 1.52. The molecule has 4 aromatic rings. The molecule has 1 saturated carbocycles. The molecule has 0 unspecified atom stereocenters. The maximum Gasteiger partial charge on any atom is 0.152 e. The third-order valence-electron chi connectivity index (χ3n) is 6.45. The van der Waals surface area contributed by atoms with Gasteiger partial charge in [0.1, 0.15) is 11.3 Å². The lowest BCUT2D eigenvalue weighted by atomic mass is 9.92. The minimum absolute atomic E-state index is 0.447. The molecule has 4 N–H and O–H groups in total. The van der Waals surface area contributed by atoms with Crippen LogP contribution in [0, 0.1) is 0 Å². The molecule has 154 valence electrons. The normalized spacial score (nSPS) is 19.3. The summed E-state index contributed by atoms with van der Waals surface area (Å²) in [6.45, 7) is 3.93. The van der Waals surface area contributed by atoms with E-state index in [2.05, 4.69) is 36.8 Å². The zero-order chi connectivity index (χ0) is 20.5. The van der Waals surface area contributed by atoms with Crippen LogP contribution in [0.4, 0.5) is 5.82 Å². The molecule has 0 bridgehead atoms. The molecule has 0 radical (unpaired) electrons. The first-order valence-corrected chi connectivity index (χ1v) is 10.5. The fourth-order valence-electron chi connectivity index (χ4n) is 4.88. The maximum absolute atomic E-state index is 10.1. The third-order valence-corrected chi connectivity index (χ3v) is 6.45. The second-order valence-corrected chi connectivity index (χ2v) is 9.01. The number of nitrogens with two attached hydrogens (primary N) is 1. The third kappa shape index (κ3) is 2.71. The summed E-state index contributed by atoms with van der Waals surface area (Å²) < 4.78 is 2.39. The SMILES string of the molecule is CC1(O)CN(Cc2nc3c(N)nc4cc(-c5cc[nH]n5)ccc4c3n2C2CCC2)C1. The molecular formula is C22H25N7O. The molecule has 1 aromatic carbocycles. The number of H-pyrrole nitrogens is 1. The fraction of sp³-hybridized carbons (Fsp3) is 0.409. The highest BCUT2D eigenvalue weighted by Crippen LogP contribution is 2.40. The van der Waals surface area contributed by atoms with Gasteiger partial charge in [-0.2, -0.15) is 5.10 Å². The van der Waals surface area contributed by atoms with Gasteiger partial charge in [-0.05, 0) is 44.4 Å². The van der Waals surface area contributed by atoms with E-state index in [-0.39, 0.29) is 0 Å². The van der Waals surface area contributed by atoms with Crippen LogP contribution in [0.25, 0.3) is 33.2 Å². The van der Waals surface area contributed by atoms with Crippen molar-refractivity contribution < 1.29 is 5.11 Å². The first-order chi connectivity index (χ1) is 14.5. The average molecular weight is 403 g/mol. The molecule has 2 aliphatic rings. The molecule has 1 aliphatic heterocycles. The monoisotopic (exact) mass is 403 g/mol. The van der Waals surface area contributed by atoms with Crippen molar-refractivity contribution in [2.24, 2.45) is 0 Å². The smallest absolute Gasteiger partial charge is 0.152 e. The number of anilines is 1. The highest BCUT2D eigenvalue weighted by Gasteiger charge is 2.38. The Morgan fingerprint density at radius 1 is 1.23 bits per heavy atom. The summed E-state index contributed by atoms with van der Waals surface area (Å²) in [5, 5.41) is 18.3. The van der Waals surface area contributed by atoms with Crippen LogP contribution < -0.4 is 5.73 Å². The lowest BCUT2D eigenvalue weighted by Gasteiger charge is -2.44. The quantitative estimate of drug-likeness (QED) is 0.483. The van der Waals surface area contributed by atoms with Gasteiger partial charge < -0.3 is 15.4 Å². The van der Waals surface area contributed by atoms with Crippen molar-refractivity contribution in [2.45, 2.75) is 44.4 Å². The van der Waals surface area contributed by atoms with Crippen molar-refractivity contribution in [1.82, 2.24) is 29.6 Å². The summed E-state index contributed by atoms with van der Waals surface area (Å²) in [4.78, 5) is 11.9. The maximum atomic E-state index is 10.1. The predicted octanol–water partition coefficient (Wildman–Crippen LogP) is 2.85. The second kappa shape index (κ2) is 6.26. The number of benzene rings is 1. The summed E-state index contributed by atoms with van der Waals surface area (Å²) in [6, 6.07) is 8.64. The van der Waals surface area contributed by atoms with Gasteiger partial charge in [0.25, 0.3) is 0 Å². The van der Waals surface area contributed by atoms with Gasteiger partial charge in [0.2, 0.25) is 0 Å². The van der Waals surface area contributed by atoms with Crippen molar-refractivity contribution >= 4 is 27.8 Å². The van der Waals surface area contributed by atoms with Crippen LogP contribution >= 0.6 is 0 Å². The van der Waals surface area contributed by atoms with E-state index in [1.54, 1.807) is 0 Å². The van der Waals surface area contributed by atoms with Gasteiger partial charge in [-0.3, -0.25) is 10.00 Å². The minimum atomic E-state index is -0.594. The van der Waals surface area contributed by atoms with E-state index >= 15 is 0 Å². The standard InChI is InChI=1S/C22H25N7O/c1-22(30)11-28(12-22)10-18-26-19-20(29(18)14-3-2-4-14)15-6-5-13(16-7-8-24-27-16)9-17(15)25-21(19)23/h5-9,14,30H,2-4,10-12H2,1H3,(H2,23,25)(H,24,27). The number of aromatic amines is 1. The van der Waals surface area contributed by atoms with Crippen LogP contribution in [0.1, 0.15) is 38.1 Å². The van der Waals surface area contributed by atoms with Crippen molar-refractivity contribution in [2.75, 3.05) is 18.8 Å². The first-order valence-electron chi connectivity index (χ1n) is 10.5. The number of nitrogen functional groups attached to an aromatic ring is 1. The molecule has 4 heterocycles. The lowest BCUT2D eigenvalue weighted by molar-refractivity contribution is -0.0885. The number of rotatable bonds is 4. The van der Waals surface area contributed by atoms with Crippen LogP contribution in [0.3, 0.4) is 0 Å². The Kier molecular flexibility index (Phi) is 3.73. The largest absolute Gasteiger partial charge is 0.388 e. The first kappa shape index (κ1) is 17.9. The molecule has 0 atom stereocenters. The van der Waals surface area contributed by atoms with Gasteiger partial charge in [-0.15, -0.1) is 0 Å². The molecule has 8 heteroatoms. The van der Waals surface area contributed by atoms with Gasteiger partial charge in [-0.1, -0.05) is 6.07 Å². The number of aliphatic hydroxyl groups is 1. The van der Waals surface area contributed by atoms with Crippen molar-refractivity contribution in [1.29, 1.82) is 0 Å². The summed E-state index contributed by atoms with van der Waals surface area (Å²) in [7, 11) is 0. The van der Waals surface area contributed by atoms with Crippen LogP contribution in [0.15, 0.2) is 30.5 Å². The van der Waals surface area contributed by atoms with Crippen molar-refractivity contribution in [3.63, 3.8) is 0 Å². The molecule has 1 saturated heterocycles. The molecular weight excluding hydrogens is 378 g/mol. The second-order valence-electron chi connectivity index (χ2n) is 9.01. The van der Waals surface area contributed by atoms with E-state index in [0.717, 1.165) is 51.9 Å². The molecule has 2 fully saturated rings. The molecule has 0 amide bonds. The van der Waals surface area contributed by atoms with E-state index < -0.39 is 5.60 Å². The van der Waals surface area contributed by atoms with Crippen molar-refractivity contribution in [3.05, 3.63) is 36.3 Å². The molecule has 0 spiro atoms. The molecule has 3 aromatic heterocycles. The Labute approximate surface area is 173 Å². The number of nitrogens with one attached hydrogen (secondary N) is 1.